The summed E-state index contributed by atoms with van der Waals surface area (Å²) in [4.78, 5) is 0. The molecule has 0 atom stereocenters. The lowest BCUT2D eigenvalue weighted by Crippen LogP contribution is -1.96. The molecule has 0 aliphatic heterocycles. The van der Waals surface area contributed by atoms with Gasteiger partial charge in [0.25, 0.3) is 0 Å². The van der Waals surface area contributed by atoms with Gasteiger partial charge in [0.15, 0.2) is 0 Å². The Morgan fingerprint density at radius 3 is 0.480 bits per heavy atom. The maximum Gasteiger partial charge on any atom is -0.00199 e. The summed E-state index contributed by atoms with van der Waals surface area (Å²) in [6.45, 7) is 0. The first kappa shape index (κ1) is 56.7. The van der Waals surface area contributed by atoms with Crippen molar-refractivity contribution in [3.8, 4) is 66.8 Å². The van der Waals surface area contributed by atoms with Crippen LogP contribution in [0, 0.1) is 0 Å². The van der Waals surface area contributed by atoms with E-state index >= 15 is 0 Å². The summed E-state index contributed by atoms with van der Waals surface area (Å²) in [6.07, 6.45) is 0. The Kier molecular flexibility index (Phi) is 12.3. The van der Waals surface area contributed by atoms with E-state index < -0.39 is 0 Å². The maximum atomic E-state index is 2.54. The number of fused-ring (bicyclic) bond motifs is 18. The smallest absolute Gasteiger partial charge is 0.00199 e. The van der Waals surface area contributed by atoms with Crippen molar-refractivity contribution < 1.29 is 0 Å². The molecule has 0 unspecified atom stereocenters. The average molecular weight is 1290 g/mol. The molecule has 0 nitrogen and oxygen atoms in total. The molecule has 0 heterocycles. The monoisotopic (exact) mass is 1280 g/mol. The second-order valence-electron chi connectivity index (χ2n) is 28.0. The summed E-state index contributed by atoms with van der Waals surface area (Å²) >= 11 is 0. The van der Waals surface area contributed by atoms with Crippen LogP contribution in [0.3, 0.4) is 0 Å². The van der Waals surface area contributed by atoms with Gasteiger partial charge in [-0.3, -0.25) is 0 Å². The molecule has 102 heavy (non-hydrogen) atoms. The van der Waals surface area contributed by atoms with Crippen molar-refractivity contribution >= 4 is 162 Å². The number of hydrogen-bond acceptors (Lipinski definition) is 0. The molecule has 0 amide bonds. The molecule has 0 aliphatic carbocycles. The van der Waals surface area contributed by atoms with E-state index in [1.165, 1.54) is 212 Å². The highest BCUT2D eigenvalue weighted by Gasteiger charge is 2.26. The predicted molar refractivity (Wildman–Crippen MR) is 442 cm³/mol. The molecule has 22 aromatic carbocycles. The number of hydrogen-bond donors (Lipinski definition) is 0. The van der Waals surface area contributed by atoms with E-state index in [9.17, 15) is 0 Å². The van der Waals surface area contributed by atoms with Crippen LogP contribution in [0.1, 0.15) is 0 Å². The lowest BCUT2D eigenvalue weighted by atomic mass is 9.80. The maximum absolute atomic E-state index is 2.54. The molecule has 22 aromatic rings. The molecule has 0 aromatic heterocycles. The van der Waals surface area contributed by atoms with Crippen LogP contribution >= 0.6 is 0 Å². The summed E-state index contributed by atoms with van der Waals surface area (Å²) < 4.78 is 0. The third kappa shape index (κ3) is 8.45. The third-order valence-electron chi connectivity index (χ3n) is 22.6. The molecular weight excluding hydrogens is 1230 g/mol. The fourth-order valence-corrected chi connectivity index (χ4v) is 18.3. The third-order valence-corrected chi connectivity index (χ3v) is 22.6. The van der Waals surface area contributed by atoms with Gasteiger partial charge in [-0.15, -0.1) is 0 Å². The first-order chi connectivity index (χ1) is 50.6. The molecule has 0 fully saturated rings. The van der Waals surface area contributed by atoms with E-state index in [1.807, 2.05) is 0 Å². The fraction of sp³-hybridized carbons (Fsp3) is 0. The molecule has 0 spiro atoms. The quantitative estimate of drug-likeness (QED) is 0.115. The lowest BCUT2D eigenvalue weighted by molar-refractivity contribution is 1.63. The molecule has 0 radical (unpaired) electrons. The van der Waals surface area contributed by atoms with Crippen molar-refractivity contribution in [2.24, 2.45) is 0 Å². The van der Waals surface area contributed by atoms with Crippen LogP contribution < -0.4 is 0 Å². The van der Waals surface area contributed by atoms with Gasteiger partial charge in [-0.25, -0.2) is 0 Å². The Morgan fingerprint density at radius 2 is 0.265 bits per heavy atom. The van der Waals surface area contributed by atoms with Crippen molar-refractivity contribution in [2.45, 2.75) is 0 Å². The first-order valence-corrected chi connectivity index (χ1v) is 35.6. The van der Waals surface area contributed by atoms with Crippen molar-refractivity contribution in [3.05, 3.63) is 364 Å². The largest absolute Gasteiger partial charge is 0.0616 e. The summed E-state index contributed by atoms with van der Waals surface area (Å²) in [7, 11) is 0. The first-order valence-electron chi connectivity index (χ1n) is 35.6. The van der Waals surface area contributed by atoms with Gasteiger partial charge in [-0.05, 0) is 301 Å². The standard InChI is InChI=1S/C102H60/c1-4-28-64-55-91-67(49-61(64)25-1)58-94(76-34-10-7-31-73(76)91)100-85-43-19-13-37-79(85)97(80-38-14-20-44-86(80)100)70-52-71(98-81-39-15-21-45-87(81)101(88-46-22-16-40-82(88)98)95-59-68-50-62-26-2-5-29-65(62)56-92(68)74-32-8-11-35-77(74)95)54-72(53-70)99-83-41-17-23-47-89(83)102(90-48-24-18-42-84(90)99)96-60-69-51-63-27-3-6-30-66(63)57-93(69)75-33-9-12-36-78(75)96/h1-60H. The Balaban J connectivity index is 0.859. The minimum absolute atomic E-state index is 1.16. The second kappa shape index (κ2) is 22.1. The number of benzene rings is 22. The molecular formula is C102H60. The van der Waals surface area contributed by atoms with Crippen molar-refractivity contribution in [3.63, 3.8) is 0 Å². The van der Waals surface area contributed by atoms with Crippen molar-refractivity contribution in [1.82, 2.24) is 0 Å². The zero-order chi connectivity index (χ0) is 66.7. The van der Waals surface area contributed by atoms with E-state index in [4.69, 9.17) is 0 Å². The highest BCUT2D eigenvalue weighted by molar-refractivity contribution is 6.31. The molecule has 0 aliphatic rings. The molecule has 0 saturated heterocycles. The van der Waals surface area contributed by atoms with Gasteiger partial charge in [0, 0.05) is 0 Å². The normalized spacial score (nSPS) is 12.1. The lowest BCUT2D eigenvalue weighted by Gasteiger charge is -2.23. The molecule has 0 bridgehead atoms. The van der Waals surface area contributed by atoms with E-state index in [0.29, 0.717) is 0 Å². The minimum Gasteiger partial charge on any atom is -0.0616 e. The zero-order valence-corrected chi connectivity index (χ0v) is 55.6. The zero-order valence-electron chi connectivity index (χ0n) is 55.6. The summed E-state index contributed by atoms with van der Waals surface area (Å²) in [5, 5.41) is 37.0. The highest BCUT2D eigenvalue weighted by atomic mass is 14.3. The van der Waals surface area contributed by atoms with Crippen LogP contribution in [0.2, 0.25) is 0 Å². The van der Waals surface area contributed by atoms with Crippen molar-refractivity contribution in [2.75, 3.05) is 0 Å². The van der Waals surface area contributed by atoms with Crippen LogP contribution in [0.25, 0.3) is 228 Å². The van der Waals surface area contributed by atoms with Crippen LogP contribution in [0.5, 0.6) is 0 Å². The van der Waals surface area contributed by atoms with Crippen LogP contribution in [0.4, 0.5) is 0 Å². The Labute approximate surface area is 588 Å². The molecule has 0 heteroatoms. The summed E-state index contributed by atoms with van der Waals surface area (Å²) in [5.74, 6) is 0. The van der Waals surface area contributed by atoms with E-state index in [-0.39, 0.29) is 0 Å². The van der Waals surface area contributed by atoms with Gasteiger partial charge >= 0.3 is 0 Å². The van der Waals surface area contributed by atoms with Gasteiger partial charge in [-0.1, -0.05) is 291 Å². The van der Waals surface area contributed by atoms with Crippen LogP contribution in [-0.2, 0) is 0 Å². The van der Waals surface area contributed by atoms with Crippen LogP contribution in [-0.4, -0.2) is 0 Å². The van der Waals surface area contributed by atoms with Gasteiger partial charge in [0.2, 0.25) is 0 Å². The van der Waals surface area contributed by atoms with Crippen LogP contribution in [0.15, 0.2) is 364 Å². The Morgan fingerprint density at radius 1 is 0.0980 bits per heavy atom. The van der Waals surface area contributed by atoms with Gasteiger partial charge in [-0.2, -0.15) is 0 Å². The topological polar surface area (TPSA) is 0 Å². The van der Waals surface area contributed by atoms with Gasteiger partial charge in [0.05, 0.1) is 0 Å². The predicted octanol–water partition coefficient (Wildman–Crippen LogP) is 29.0. The minimum atomic E-state index is 1.16. The molecule has 0 saturated carbocycles. The van der Waals surface area contributed by atoms with Crippen molar-refractivity contribution in [1.29, 1.82) is 0 Å². The second-order valence-corrected chi connectivity index (χ2v) is 28.0. The molecule has 468 valence electrons. The fourth-order valence-electron chi connectivity index (χ4n) is 18.3. The van der Waals surface area contributed by atoms with Gasteiger partial charge in [0.1, 0.15) is 0 Å². The molecule has 22 rings (SSSR count). The highest BCUT2D eigenvalue weighted by Crippen LogP contribution is 2.54. The SMILES string of the molecule is c1ccc2cc3c(cc(-c4c5ccccc5c(-c5cc(-c6c7ccccc7c(-c7cc8cc9ccccc9cc8c8ccccc78)c7ccccc67)cc(-c6c7ccccc7c(-c7cc8cc9ccccc9cc8c8ccccc78)c7ccccc67)c5)c5ccccc45)c4ccccc43)cc2c1. The number of rotatable bonds is 6. The van der Waals surface area contributed by atoms with E-state index in [1.54, 1.807) is 0 Å². The van der Waals surface area contributed by atoms with Gasteiger partial charge < -0.3 is 0 Å². The van der Waals surface area contributed by atoms with E-state index in [2.05, 4.69) is 364 Å². The Bertz CT molecular complexity index is 6550. The van der Waals surface area contributed by atoms with E-state index in [0.717, 1.165) is 16.7 Å². The summed E-state index contributed by atoms with van der Waals surface area (Å²) in [5.41, 5.74) is 14.6. The Hall–Kier alpha value is -13.3. The summed E-state index contributed by atoms with van der Waals surface area (Å²) in [6, 6.07) is 138. The average Bonchev–Trinajstić information content (AvgIpc) is 0.720. The molecule has 0 N–H and O–H groups in total.